The number of hydrogen-bond acceptors (Lipinski definition) is 4. The third kappa shape index (κ3) is 6.90. The van der Waals surface area contributed by atoms with Crippen LogP contribution in [0.4, 0.5) is 11.4 Å². The Kier molecular flexibility index (Phi) is 8.38. The van der Waals surface area contributed by atoms with Crippen LogP contribution in [0.25, 0.3) is 12.2 Å². The zero-order chi connectivity index (χ0) is 22.1. The van der Waals surface area contributed by atoms with Crippen molar-refractivity contribution in [2.24, 2.45) is 5.92 Å². The molecule has 0 bridgehead atoms. The molecule has 2 N–H and O–H groups in total. The first kappa shape index (κ1) is 22.9. The van der Waals surface area contributed by atoms with E-state index in [1.54, 1.807) is 0 Å². The molecule has 0 fully saturated rings. The summed E-state index contributed by atoms with van der Waals surface area (Å²) in [6, 6.07) is 17.3. The number of carbonyl (C=O) groups is 2. The molecule has 1 unspecified atom stereocenters. The van der Waals surface area contributed by atoms with Gasteiger partial charge in [-0.3, -0.25) is 0 Å². The van der Waals surface area contributed by atoms with Crippen molar-refractivity contribution in [3.8, 4) is 0 Å². The van der Waals surface area contributed by atoms with Crippen LogP contribution in [-0.4, -0.2) is 54.2 Å². The number of carboxylic acids is 2. The molecule has 1 atom stereocenters. The second kappa shape index (κ2) is 11.0. The van der Waals surface area contributed by atoms with Crippen LogP contribution in [0.5, 0.6) is 0 Å². The summed E-state index contributed by atoms with van der Waals surface area (Å²) < 4.78 is 0. The average Bonchev–Trinajstić information content (AvgIpc) is 2.84. The van der Waals surface area contributed by atoms with E-state index in [9.17, 15) is 9.59 Å². The molecule has 30 heavy (non-hydrogen) atoms. The minimum absolute atomic E-state index is 0.558. The van der Waals surface area contributed by atoms with Crippen LogP contribution in [0.15, 0.2) is 60.7 Å². The molecule has 158 valence electrons. The van der Waals surface area contributed by atoms with Crippen molar-refractivity contribution in [1.82, 2.24) is 4.90 Å². The molecular weight excluding hydrogens is 380 g/mol. The lowest BCUT2D eigenvalue weighted by Gasteiger charge is -2.30. The molecule has 1 aliphatic heterocycles. The van der Waals surface area contributed by atoms with E-state index in [1.807, 2.05) is 0 Å². The van der Waals surface area contributed by atoms with Gasteiger partial charge >= 0.3 is 11.9 Å². The Morgan fingerprint density at radius 1 is 0.900 bits per heavy atom. The van der Waals surface area contributed by atoms with Crippen molar-refractivity contribution >= 4 is 35.5 Å². The molecule has 2 aromatic rings. The van der Waals surface area contributed by atoms with Gasteiger partial charge in [0.2, 0.25) is 0 Å². The fourth-order valence-corrected chi connectivity index (χ4v) is 3.39. The van der Waals surface area contributed by atoms with Gasteiger partial charge in [-0.1, -0.05) is 55.5 Å². The molecule has 0 saturated heterocycles. The normalized spacial score (nSPS) is 13.1. The van der Waals surface area contributed by atoms with Gasteiger partial charge in [0, 0.05) is 36.6 Å². The molecule has 6 heteroatoms. The Labute approximate surface area is 177 Å². The molecule has 2 aromatic carbocycles. The van der Waals surface area contributed by atoms with Crippen LogP contribution >= 0.6 is 0 Å². The van der Waals surface area contributed by atoms with Crippen molar-refractivity contribution in [2.75, 3.05) is 32.1 Å². The van der Waals surface area contributed by atoms with Gasteiger partial charge in [-0.2, -0.15) is 0 Å². The molecule has 1 aliphatic rings. The van der Waals surface area contributed by atoms with E-state index < -0.39 is 11.9 Å². The summed E-state index contributed by atoms with van der Waals surface area (Å²) in [5.74, 6) is -1.92. The average molecular weight is 408 g/mol. The summed E-state index contributed by atoms with van der Waals surface area (Å²) in [5, 5.41) is 15.6. The van der Waals surface area contributed by atoms with Crippen molar-refractivity contribution in [3.05, 3.63) is 71.8 Å². The number of hydrogen-bond donors (Lipinski definition) is 2. The highest BCUT2D eigenvalue weighted by Crippen LogP contribution is 2.36. The first-order valence-corrected chi connectivity index (χ1v) is 9.70. The van der Waals surface area contributed by atoms with E-state index in [1.165, 1.54) is 22.5 Å². The summed E-state index contributed by atoms with van der Waals surface area (Å²) in [6.07, 6.45) is 5.57. The number of nitrogens with zero attached hydrogens (tertiary/aromatic N) is 2. The monoisotopic (exact) mass is 408 g/mol. The predicted octanol–water partition coefficient (Wildman–Crippen LogP) is 4.22. The van der Waals surface area contributed by atoms with Crippen LogP contribution in [0.2, 0.25) is 0 Å². The fraction of sp³-hybridized carbons (Fsp3) is 0.250. The molecular formula is C24H28N2O4. The van der Waals surface area contributed by atoms with Gasteiger partial charge in [0.25, 0.3) is 0 Å². The summed E-state index contributed by atoms with van der Waals surface area (Å²) in [4.78, 5) is 23.8. The van der Waals surface area contributed by atoms with Crippen molar-refractivity contribution in [2.45, 2.75) is 6.92 Å². The number of anilines is 2. The molecule has 0 radical (unpaired) electrons. The number of rotatable bonds is 6. The molecule has 0 aromatic heterocycles. The first-order chi connectivity index (χ1) is 14.3. The smallest absolute Gasteiger partial charge is 0.328 e. The highest BCUT2D eigenvalue weighted by Gasteiger charge is 2.19. The Hall–Kier alpha value is -3.38. The Morgan fingerprint density at radius 2 is 1.33 bits per heavy atom. The zero-order valence-corrected chi connectivity index (χ0v) is 17.5. The molecule has 0 spiro atoms. The number of fused-ring (bicyclic) bond motifs is 2. The maximum atomic E-state index is 9.55. The van der Waals surface area contributed by atoms with Gasteiger partial charge in [0.15, 0.2) is 0 Å². The number of aliphatic carboxylic acids is 2. The summed E-state index contributed by atoms with van der Waals surface area (Å²) >= 11 is 0. The van der Waals surface area contributed by atoms with Crippen molar-refractivity contribution in [3.63, 3.8) is 0 Å². The minimum atomic E-state index is -1.26. The van der Waals surface area contributed by atoms with E-state index in [0.29, 0.717) is 18.1 Å². The summed E-state index contributed by atoms with van der Waals surface area (Å²) in [5.41, 5.74) is 5.18. The molecule has 0 aliphatic carbocycles. The molecule has 1 heterocycles. The molecule has 0 amide bonds. The second-order valence-electron chi connectivity index (χ2n) is 7.44. The van der Waals surface area contributed by atoms with Gasteiger partial charge in [0.1, 0.15) is 0 Å². The van der Waals surface area contributed by atoms with E-state index in [0.717, 1.165) is 13.1 Å². The third-order valence-corrected chi connectivity index (χ3v) is 4.44. The Balaban J connectivity index is 0.000000343. The quantitative estimate of drug-likeness (QED) is 0.697. The van der Waals surface area contributed by atoms with Crippen LogP contribution < -0.4 is 4.90 Å². The fourth-order valence-electron chi connectivity index (χ4n) is 3.39. The van der Waals surface area contributed by atoms with E-state index in [-0.39, 0.29) is 0 Å². The highest BCUT2D eigenvalue weighted by molar-refractivity contribution is 5.90. The van der Waals surface area contributed by atoms with Gasteiger partial charge in [-0.05, 0) is 43.3 Å². The molecule has 6 nitrogen and oxygen atoms in total. The standard InChI is InChI=1S/C20H24N2.C4H4O4/c1-16(14-21(2)3)15-22-19-10-6-4-8-17(19)12-13-18-9-5-7-11-20(18)22;5-3(6)1-2-4(7)8/h4-13,16H,14-15H2,1-3H3;1-2H,(H,5,6)(H,7,8)/b;2-1+. The number of para-hydroxylation sites is 2. The summed E-state index contributed by atoms with van der Waals surface area (Å²) in [7, 11) is 4.28. The topological polar surface area (TPSA) is 81.1 Å². The van der Waals surface area contributed by atoms with Gasteiger partial charge in [0.05, 0.1) is 0 Å². The largest absolute Gasteiger partial charge is 0.478 e. The van der Waals surface area contributed by atoms with Gasteiger partial charge < -0.3 is 20.0 Å². The van der Waals surface area contributed by atoms with E-state index in [4.69, 9.17) is 10.2 Å². The lowest BCUT2D eigenvalue weighted by Crippen LogP contribution is -2.30. The minimum Gasteiger partial charge on any atom is -0.478 e. The van der Waals surface area contributed by atoms with Crippen LogP contribution in [0, 0.1) is 5.92 Å². The van der Waals surface area contributed by atoms with Crippen molar-refractivity contribution < 1.29 is 19.8 Å². The van der Waals surface area contributed by atoms with Gasteiger partial charge in [-0.25, -0.2) is 9.59 Å². The zero-order valence-electron chi connectivity index (χ0n) is 17.5. The summed E-state index contributed by atoms with van der Waals surface area (Å²) in [6.45, 7) is 4.44. The maximum absolute atomic E-state index is 9.55. The second-order valence-corrected chi connectivity index (χ2v) is 7.44. The van der Waals surface area contributed by atoms with Crippen LogP contribution in [0.3, 0.4) is 0 Å². The molecule has 3 rings (SSSR count). The lowest BCUT2D eigenvalue weighted by molar-refractivity contribution is -0.134. The van der Waals surface area contributed by atoms with E-state index in [2.05, 4.69) is 91.5 Å². The molecule has 0 saturated carbocycles. The first-order valence-electron chi connectivity index (χ1n) is 9.70. The maximum Gasteiger partial charge on any atom is 0.328 e. The lowest BCUT2D eigenvalue weighted by atomic mass is 10.1. The number of carboxylic acid groups (broad SMARTS) is 2. The predicted molar refractivity (Wildman–Crippen MR) is 121 cm³/mol. The number of benzene rings is 2. The highest BCUT2D eigenvalue weighted by atomic mass is 16.4. The van der Waals surface area contributed by atoms with Gasteiger partial charge in [-0.15, -0.1) is 0 Å². The third-order valence-electron chi connectivity index (χ3n) is 4.44. The van der Waals surface area contributed by atoms with E-state index >= 15 is 0 Å². The Bertz CT molecular complexity index is 869. The van der Waals surface area contributed by atoms with Crippen molar-refractivity contribution in [1.29, 1.82) is 0 Å². The van der Waals surface area contributed by atoms with Crippen LogP contribution in [-0.2, 0) is 9.59 Å². The SMILES string of the molecule is CC(CN(C)C)CN1c2ccccc2C=Cc2ccccc21.O=C(O)/C=C/C(=O)O. The van der Waals surface area contributed by atoms with Crippen LogP contribution in [0.1, 0.15) is 18.1 Å². The Morgan fingerprint density at radius 3 is 1.73 bits per heavy atom.